The average Bonchev–Trinajstić information content (AvgIpc) is 3.10. The van der Waals surface area contributed by atoms with E-state index in [0.717, 1.165) is 28.0 Å². The van der Waals surface area contributed by atoms with Crippen molar-refractivity contribution < 1.29 is 19.4 Å². The van der Waals surface area contributed by atoms with E-state index in [-0.39, 0.29) is 11.3 Å². The quantitative estimate of drug-likeness (QED) is 0.312. The fourth-order valence-electron chi connectivity index (χ4n) is 4.30. The molecule has 6 nitrogen and oxygen atoms in total. The Morgan fingerprint density at radius 2 is 1.76 bits per heavy atom. The van der Waals surface area contributed by atoms with Crippen LogP contribution in [-0.4, -0.2) is 37.0 Å². The van der Waals surface area contributed by atoms with Crippen molar-refractivity contribution in [3.8, 4) is 5.75 Å². The minimum Gasteiger partial charge on any atom is -0.507 e. The zero-order valence-electron chi connectivity index (χ0n) is 17.9. The summed E-state index contributed by atoms with van der Waals surface area (Å²) in [5, 5.41) is 11.3. The van der Waals surface area contributed by atoms with Gasteiger partial charge in [0.25, 0.3) is 11.7 Å². The number of ketones is 1. The van der Waals surface area contributed by atoms with Gasteiger partial charge in [0.15, 0.2) is 0 Å². The highest BCUT2D eigenvalue weighted by Crippen LogP contribution is 2.43. The zero-order chi connectivity index (χ0) is 23.1. The molecular weight excluding hydrogens is 484 g/mol. The minimum atomic E-state index is -0.752. The number of fused-ring (bicyclic) bond motifs is 1. The first kappa shape index (κ1) is 21.3. The van der Waals surface area contributed by atoms with Crippen molar-refractivity contribution in [3.05, 3.63) is 94.0 Å². The molecule has 0 spiro atoms. The number of carbonyl (C=O) groups excluding carboxylic acids is 2. The summed E-state index contributed by atoms with van der Waals surface area (Å²) in [7, 11) is 1.95. The summed E-state index contributed by atoms with van der Waals surface area (Å²) < 4.78 is 6.56. The van der Waals surface area contributed by atoms with Crippen molar-refractivity contribution in [3.63, 3.8) is 0 Å². The Labute approximate surface area is 199 Å². The number of hydrogen-bond acceptors (Lipinski definition) is 5. The second-order valence-electron chi connectivity index (χ2n) is 8.01. The van der Waals surface area contributed by atoms with Crippen molar-refractivity contribution in [2.75, 3.05) is 30.0 Å². The van der Waals surface area contributed by atoms with Gasteiger partial charge in [0.2, 0.25) is 0 Å². The highest BCUT2D eigenvalue weighted by atomic mass is 79.9. The molecule has 1 fully saturated rings. The van der Waals surface area contributed by atoms with Gasteiger partial charge < -0.3 is 14.7 Å². The molecule has 0 radical (unpaired) electrons. The van der Waals surface area contributed by atoms with E-state index < -0.39 is 17.7 Å². The standard InChI is InChI=1S/C26H21BrN2O4/c1-28-13-14-33-21-12-7-17(15-20(21)28)24(30)22-23(16-5-3-2-4-6-16)29(26(32)25(22)31)19-10-8-18(27)9-11-19/h2-12,15,23,30H,13-14H2,1H3/b24-22-. The Morgan fingerprint density at radius 1 is 1.03 bits per heavy atom. The van der Waals surface area contributed by atoms with Gasteiger partial charge in [-0.25, -0.2) is 0 Å². The third-order valence-corrected chi connectivity index (χ3v) is 6.52. The Bertz CT molecular complexity index is 1270. The number of aliphatic hydroxyl groups is 1. The first-order valence-corrected chi connectivity index (χ1v) is 11.3. The minimum absolute atomic E-state index is 0.0634. The summed E-state index contributed by atoms with van der Waals surface area (Å²) in [6.07, 6.45) is 0. The molecule has 3 aromatic carbocycles. The van der Waals surface area contributed by atoms with Gasteiger partial charge in [0.1, 0.15) is 18.1 Å². The van der Waals surface area contributed by atoms with E-state index in [9.17, 15) is 14.7 Å². The molecule has 0 aromatic heterocycles. The number of Topliss-reactive ketones (excluding diaryl/α,β-unsaturated/α-hetero) is 1. The van der Waals surface area contributed by atoms with Gasteiger partial charge in [-0.05, 0) is 48.0 Å². The summed E-state index contributed by atoms with van der Waals surface area (Å²) in [4.78, 5) is 29.9. The highest BCUT2D eigenvalue weighted by molar-refractivity contribution is 9.10. The smallest absolute Gasteiger partial charge is 0.300 e. The number of aliphatic hydroxyl groups excluding tert-OH is 1. The molecule has 33 heavy (non-hydrogen) atoms. The van der Waals surface area contributed by atoms with E-state index in [4.69, 9.17) is 4.74 Å². The van der Waals surface area contributed by atoms with Crippen LogP contribution < -0.4 is 14.5 Å². The van der Waals surface area contributed by atoms with E-state index in [0.29, 0.717) is 17.9 Å². The molecule has 1 atom stereocenters. The lowest BCUT2D eigenvalue weighted by molar-refractivity contribution is -0.132. The van der Waals surface area contributed by atoms with Crippen LogP contribution in [0.2, 0.25) is 0 Å². The van der Waals surface area contributed by atoms with Crippen LogP contribution in [0.25, 0.3) is 5.76 Å². The van der Waals surface area contributed by atoms with Crippen molar-refractivity contribution in [1.82, 2.24) is 0 Å². The summed E-state index contributed by atoms with van der Waals surface area (Å²) in [6, 6.07) is 21.0. The summed E-state index contributed by atoms with van der Waals surface area (Å²) in [5.41, 5.74) is 2.66. The lowest BCUT2D eigenvalue weighted by Gasteiger charge is -2.28. The third-order valence-electron chi connectivity index (χ3n) is 5.99. The molecule has 1 unspecified atom stereocenters. The van der Waals surface area contributed by atoms with E-state index >= 15 is 0 Å². The molecular formula is C26H21BrN2O4. The van der Waals surface area contributed by atoms with Crippen LogP contribution in [0.5, 0.6) is 5.75 Å². The van der Waals surface area contributed by atoms with Gasteiger partial charge in [-0.3, -0.25) is 14.5 Å². The largest absolute Gasteiger partial charge is 0.507 e. The molecule has 3 aromatic rings. The number of anilines is 2. The fraction of sp³-hybridized carbons (Fsp3) is 0.154. The van der Waals surface area contributed by atoms with E-state index in [1.165, 1.54) is 4.90 Å². The molecule has 2 aliphatic rings. The SMILES string of the molecule is CN1CCOc2ccc(/C(O)=C3/C(=O)C(=O)N(c4ccc(Br)cc4)C3c3ccccc3)cc21. The maximum Gasteiger partial charge on any atom is 0.300 e. The number of hydrogen-bond donors (Lipinski definition) is 1. The second kappa shape index (κ2) is 8.41. The predicted octanol–water partition coefficient (Wildman–Crippen LogP) is 4.90. The number of benzene rings is 3. The molecule has 0 aliphatic carbocycles. The van der Waals surface area contributed by atoms with Crippen molar-refractivity contribution in [1.29, 1.82) is 0 Å². The number of halogens is 1. The van der Waals surface area contributed by atoms with Crippen molar-refractivity contribution >= 4 is 44.8 Å². The molecule has 1 amide bonds. The number of amides is 1. The summed E-state index contributed by atoms with van der Waals surface area (Å²) in [6.45, 7) is 1.30. The van der Waals surface area contributed by atoms with Crippen LogP contribution in [-0.2, 0) is 9.59 Å². The van der Waals surface area contributed by atoms with E-state index in [2.05, 4.69) is 15.9 Å². The maximum atomic E-state index is 13.3. The third kappa shape index (κ3) is 3.68. The highest BCUT2D eigenvalue weighted by Gasteiger charge is 2.47. The molecule has 166 valence electrons. The average molecular weight is 505 g/mol. The number of ether oxygens (including phenoxy) is 1. The molecule has 5 rings (SSSR count). The lowest BCUT2D eigenvalue weighted by Crippen LogP contribution is -2.29. The van der Waals surface area contributed by atoms with Crippen LogP contribution >= 0.6 is 15.9 Å². The van der Waals surface area contributed by atoms with Crippen LogP contribution in [0.3, 0.4) is 0 Å². The number of rotatable bonds is 3. The molecule has 0 bridgehead atoms. The molecule has 2 aliphatic heterocycles. The molecule has 1 N–H and O–H groups in total. The van der Waals surface area contributed by atoms with Gasteiger partial charge >= 0.3 is 0 Å². The lowest BCUT2D eigenvalue weighted by atomic mass is 9.95. The maximum absolute atomic E-state index is 13.3. The van der Waals surface area contributed by atoms with Gasteiger partial charge in [0.05, 0.1) is 23.8 Å². The van der Waals surface area contributed by atoms with Gasteiger partial charge in [0, 0.05) is 22.8 Å². The topological polar surface area (TPSA) is 70.1 Å². The number of nitrogens with zero attached hydrogens (tertiary/aromatic N) is 2. The van der Waals surface area contributed by atoms with Gasteiger partial charge in [-0.1, -0.05) is 46.3 Å². The fourth-order valence-corrected chi connectivity index (χ4v) is 4.57. The van der Waals surface area contributed by atoms with Gasteiger partial charge in [-0.15, -0.1) is 0 Å². The van der Waals surface area contributed by atoms with Crippen LogP contribution in [0.4, 0.5) is 11.4 Å². The van der Waals surface area contributed by atoms with Crippen LogP contribution in [0.1, 0.15) is 17.2 Å². The Kier molecular flexibility index (Phi) is 5.42. The van der Waals surface area contributed by atoms with E-state index in [1.807, 2.05) is 54.4 Å². The summed E-state index contributed by atoms with van der Waals surface area (Å²) >= 11 is 3.41. The van der Waals surface area contributed by atoms with Gasteiger partial charge in [-0.2, -0.15) is 0 Å². The Hall–Kier alpha value is -3.58. The Morgan fingerprint density at radius 3 is 2.48 bits per heavy atom. The van der Waals surface area contributed by atoms with Crippen LogP contribution in [0, 0.1) is 0 Å². The van der Waals surface area contributed by atoms with Crippen LogP contribution in [0.15, 0.2) is 82.8 Å². The zero-order valence-corrected chi connectivity index (χ0v) is 19.5. The molecule has 2 heterocycles. The molecule has 7 heteroatoms. The molecule has 0 saturated carbocycles. The van der Waals surface area contributed by atoms with Crippen molar-refractivity contribution in [2.24, 2.45) is 0 Å². The normalized spacial score (nSPS) is 19.4. The first-order valence-electron chi connectivity index (χ1n) is 10.6. The monoisotopic (exact) mass is 504 g/mol. The molecule has 1 saturated heterocycles. The van der Waals surface area contributed by atoms with E-state index in [1.54, 1.807) is 30.3 Å². The summed E-state index contributed by atoms with van der Waals surface area (Å²) in [5.74, 6) is -0.878. The number of likely N-dealkylation sites (N-methyl/N-ethyl adjacent to an activating group) is 1. The first-order chi connectivity index (χ1) is 16.0. The predicted molar refractivity (Wildman–Crippen MR) is 131 cm³/mol. The Balaban J connectivity index is 1.69. The number of carbonyl (C=O) groups is 2. The second-order valence-corrected chi connectivity index (χ2v) is 8.92. The van der Waals surface area contributed by atoms with Crippen molar-refractivity contribution in [2.45, 2.75) is 6.04 Å².